The number of aryl methyl sites for hydroxylation is 1. The Kier molecular flexibility index (Phi) is 7.06. The number of carbonyl (C=O) groups excluding carboxylic acids is 1. The lowest BCUT2D eigenvalue weighted by Crippen LogP contribution is -2.36. The number of rotatable bonds is 6. The van der Waals surface area contributed by atoms with Gasteiger partial charge in [-0.3, -0.25) is 4.79 Å². The van der Waals surface area contributed by atoms with E-state index < -0.39 is 23.3 Å². The number of benzene rings is 1. The molecule has 0 spiro atoms. The molecule has 1 N–H and O–H groups in total. The zero-order valence-electron chi connectivity index (χ0n) is 21.0. The largest absolute Gasteiger partial charge is 0.481 e. The van der Waals surface area contributed by atoms with Crippen molar-refractivity contribution >= 4 is 22.8 Å². The molecule has 2 aromatic heterocycles. The van der Waals surface area contributed by atoms with Crippen molar-refractivity contribution < 1.29 is 22.7 Å². The van der Waals surface area contributed by atoms with Gasteiger partial charge in [0.1, 0.15) is 17.5 Å². The summed E-state index contributed by atoms with van der Waals surface area (Å²) in [6.07, 6.45) is 1.52. The number of methoxy groups -OCH3 is 1. The number of hydrogen-bond acceptors (Lipinski definition) is 6. The van der Waals surface area contributed by atoms with Crippen LogP contribution >= 0.6 is 0 Å². The van der Waals surface area contributed by atoms with Crippen LogP contribution < -0.4 is 10.1 Å². The van der Waals surface area contributed by atoms with Crippen LogP contribution in [0.3, 0.4) is 0 Å². The zero-order chi connectivity index (χ0) is 26.2. The van der Waals surface area contributed by atoms with Crippen LogP contribution in [0.2, 0.25) is 0 Å². The molecule has 1 aromatic carbocycles. The molecule has 1 aliphatic heterocycles. The quantitative estimate of drug-likeness (QED) is 0.481. The van der Waals surface area contributed by atoms with E-state index in [2.05, 4.69) is 20.3 Å². The smallest absolute Gasteiger partial charge is 0.273 e. The minimum atomic E-state index is -3.30. The molecule has 1 aliphatic rings. The van der Waals surface area contributed by atoms with Gasteiger partial charge in [0.05, 0.1) is 24.1 Å². The van der Waals surface area contributed by atoms with Crippen LogP contribution in [0.4, 0.5) is 19.0 Å². The summed E-state index contributed by atoms with van der Waals surface area (Å²) in [5, 5.41) is 3.80. The summed E-state index contributed by atoms with van der Waals surface area (Å²) in [6, 6.07) is 5.26. The molecule has 3 heterocycles. The number of piperidine rings is 1. The van der Waals surface area contributed by atoms with E-state index in [1.165, 1.54) is 12.1 Å². The summed E-state index contributed by atoms with van der Waals surface area (Å²) in [7, 11) is 1.55. The molecule has 7 nitrogen and oxygen atoms in total. The third-order valence-electron chi connectivity index (χ3n) is 6.69. The Morgan fingerprint density at radius 2 is 1.92 bits per heavy atom. The monoisotopic (exact) mass is 501 g/mol. The summed E-state index contributed by atoms with van der Waals surface area (Å²) >= 11 is 0. The Morgan fingerprint density at radius 3 is 2.53 bits per heavy atom. The van der Waals surface area contributed by atoms with Crippen LogP contribution in [0, 0.1) is 12.7 Å². The summed E-state index contributed by atoms with van der Waals surface area (Å²) in [5.74, 6) is -2.73. The second-order valence-corrected chi connectivity index (χ2v) is 9.32. The summed E-state index contributed by atoms with van der Waals surface area (Å²) < 4.78 is 48.3. The number of aromatic nitrogens is 3. The fourth-order valence-electron chi connectivity index (χ4n) is 4.74. The second-order valence-electron chi connectivity index (χ2n) is 9.32. The Bertz CT molecular complexity index is 1290. The van der Waals surface area contributed by atoms with Crippen molar-refractivity contribution in [1.82, 2.24) is 19.9 Å². The van der Waals surface area contributed by atoms with Gasteiger partial charge in [0.15, 0.2) is 5.65 Å². The van der Waals surface area contributed by atoms with Crippen LogP contribution in [-0.4, -0.2) is 46.0 Å². The average molecular weight is 502 g/mol. The van der Waals surface area contributed by atoms with Crippen molar-refractivity contribution in [2.45, 2.75) is 58.4 Å². The highest BCUT2D eigenvalue weighted by atomic mass is 19.3. The van der Waals surface area contributed by atoms with Crippen LogP contribution in [0.25, 0.3) is 11.0 Å². The van der Waals surface area contributed by atoms with E-state index in [1.54, 1.807) is 27.9 Å². The Hall–Kier alpha value is -3.43. The van der Waals surface area contributed by atoms with Crippen LogP contribution in [0.15, 0.2) is 24.3 Å². The van der Waals surface area contributed by atoms with Crippen molar-refractivity contribution in [2.75, 3.05) is 25.5 Å². The molecule has 1 saturated heterocycles. The highest BCUT2D eigenvalue weighted by Crippen LogP contribution is 2.38. The van der Waals surface area contributed by atoms with E-state index in [0.29, 0.717) is 48.6 Å². The number of halogens is 3. The number of alkyl halides is 2. The van der Waals surface area contributed by atoms with E-state index >= 15 is 0 Å². The van der Waals surface area contributed by atoms with Crippen LogP contribution in [0.5, 0.6) is 5.88 Å². The Labute approximate surface area is 208 Å². The predicted molar refractivity (Wildman–Crippen MR) is 131 cm³/mol. The van der Waals surface area contributed by atoms with Gasteiger partial charge in [0, 0.05) is 38.1 Å². The lowest BCUT2D eigenvalue weighted by molar-refractivity contribution is -0.129. The van der Waals surface area contributed by atoms with Gasteiger partial charge in [0.2, 0.25) is 11.8 Å². The third kappa shape index (κ3) is 5.08. The number of carbonyl (C=O) groups is 1. The summed E-state index contributed by atoms with van der Waals surface area (Å²) in [6.45, 7) is 6.94. The number of anilines is 1. The molecule has 10 heteroatoms. The van der Waals surface area contributed by atoms with Crippen molar-refractivity contribution in [3.63, 3.8) is 0 Å². The fourth-order valence-corrected chi connectivity index (χ4v) is 4.74. The van der Waals surface area contributed by atoms with Crippen molar-refractivity contribution in [3.05, 3.63) is 52.6 Å². The number of likely N-dealkylation sites (tertiary alicyclic amines) is 1. The maximum absolute atomic E-state index is 15.0. The van der Waals surface area contributed by atoms with Crippen LogP contribution in [-0.2, 0) is 10.7 Å². The molecule has 36 heavy (non-hydrogen) atoms. The first-order chi connectivity index (χ1) is 17.0. The predicted octanol–water partition coefficient (Wildman–Crippen LogP) is 5.49. The van der Waals surface area contributed by atoms with Gasteiger partial charge in [-0.1, -0.05) is 18.2 Å². The molecule has 0 aliphatic carbocycles. The summed E-state index contributed by atoms with van der Waals surface area (Å²) in [5.41, 5.74) is 0.753. The average Bonchev–Trinajstić information content (AvgIpc) is 2.82. The minimum Gasteiger partial charge on any atom is -0.481 e. The molecule has 0 bridgehead atoms. The molecular weight excluding hydrogens is 471 g/mol. The number of ether oxygens (including phenoxy) is 1. The fraction of sp³-hybridized carbons (Fsp3) is 0.462. The van der Waals surface area contributed by atoms with Crippen molar-refractivity contribution in [2.24, 2.45) is 0 Å². The van der Waals surface area contributed by atoms with Gasteiger partial charge in [-0.25, -0.2) is 23.1 Å². The van der Waals surface area contributed by atoms with E-state index in [-0.39, 0.29) is 17.4 Å². The first kappa shape index (κ1) is 25.7. The van der Waals surface area contributed by atoms with E-state index in [9.17, 15) is 18.0 Å². The molecule has 1 atom stereocenters. The first-order valence-corrected chi connectivity index (χ1v) is 11.9. The lowest BCUT2D eigenvalue weighted by atomic mass is 9.89. The third-order valence-corrected chi connectivity index (χ3v) is 6.69. The van der Waals surface area contributed by atoms with Gasteiger partial charge in [-0.05, 0) is 38.7 Å². The number of pyridine rings is 1. The number of fused-ring (bicyclic) bond motifs is 1. The topological polar surface area (TPSA) is 80.2 Å². The molecule has 192 valence electrons. The maximum atomic E-state index is 15.0. The molecule has 3 aromatic rings. The minimum absolute atomic E-state index is 0.0542. The molecule has 0 radical (unpaired) electrons. The normalized spacial score (nSPS) is 15.7. The van der Waals surface area contributed by atoms with E-state index in [1.807, 2.05) is 11.0 Å². The zero-order valence-corrected chi connectivity index (χ0v) is 21.0. The molecule has 0 saturated carbocycles. The molecule has 0 unspecified atom stereocenters. The lowest BCUT2D eigenvalue weighted by Gasteiger charge is -2.32. The first-order valence-electron chi connectivity index (χ1n) is 11.9. The van der Waals surface area contributed by atoms with Crippen molar-refractivity contribution in [3.8, 4) is 5.88 Å². The van der Waals surface area contributed by atoms with Gasteiger partial charge in [-0.2, -0.15) is 4.98 Å². The van der Waals surface area contributed by atoms with E-state index in [4.69, 9.17) is 4.74 Å². The highest BCUT2D eigenvalue weighted by Gasteiger charge is 2.31. The van der Waals surface area contributed by atoms with Crippen LogP contribution in [0.1, 0.15) is 68.1 Å². The highest BCUT2D eigenvalue weighted by molar-refractivity contribution is 5.88. The molecule has 1 amide bonds. The molecular formula is C26H30F3N5O2. The SMILES string of the molecule is COc1nc2nc(C)nc(N[C@H](C)c3cccc(C(C)(F)F)c3F)c2cc1C1CCN(C(C)=O)CC1. The Balaban J connectivity index is 1.72. The van der Waals surface area contributed by atoms with Crippen molar-refractivity contribution in [1.29, 1.82) is 0 Å². The van der Waals surface area contributed by atoms with Gasteiger partial charge in [0.25, 0.3) is 5.92 Å². The molecule has 4 rings (SSSR count). The summed E-state index contributed by atoms with van der Waals surface area (Å²) in [4.78, 5) is 27.1. The second kappa shape index (κ2) is 9.91. The number of nitrogens with one attached hydrogen (secondary N) is 1. The van der Waals surface area contributed by atoms with Gasteiger partial charge in [-0.15, -0.1) is 0 Å². The molecule has 1 fully saturated rings. The van der Waals surface area contributed by atoms with Gasteiger partial charge < -0.3 is 15.0 Å². The Morgan fingerprint density at radius 1 is 1.22 bits per heavy atom. The van der Waals surface area contributed by atoms with E-state index in [0.717, 1.165) is 24.5 Å². The number of hydrogen-bond donors (Lipinski definition) is 1. The number of amides is 1. The number of nitrogens with zero attached hydrogens (tertiary/aromatic N) is 4. The maximum Gasteiger partial charge on any atom is 0.273 e. The van der Waals surface area contributed by atoms with Gasteiger partial charge >= 0.3 is 0 Å². The standard InChI is InChI=1S/C26H30F3N5O2/c1-14(18-7-6-8-21(22(18)27)26(4,28)29)30-23-20-13-19(17-9-11-34(12-10-17)16(3)35)25(36-5)33-24(20)32-15(2)31-23/h6-8,13-14,17H,9-12H2,1-5H3,(H,30,31,32,33)/t14-/m1/s1.